The first-order valence-corrected chi connectivity index (χ1v) is 13.8. The van der Waals surface area contributed by atoms with E-state index in [9.17, 15) is 13.2 Å². The fraction of sp³-hybridized carbons (Fsp3) is 0.423. The smallest absolute Gasteiger partial charge is 0.243 e. The number of piperidine rings is 1. The van der Waals surface area contributed by atoms with Crippen LogP contribution in [0.15, 0.2) is 57.9 Å². The van der Waals surface area contributed by atoms with E-state index in [1.807, 2.05) is 45.0 Å². The second kappa shape index (κ2) is 11.3. The van der Waals surface area contributed by atoms with E-state index in [1.165, 1.54) is 22.0 Å². The van der Waals surface area contributed by atoms with Crippen LogP contribution in [0.5, 0.6) is 0 Å². The maximum absolute atomic E-state index is 12.9. The summed E-state index contributed by atoms with van der Waals surface area (Å²) in [6.07, 6.45) is 1.67. The number of hydrogen-bond donors (Lipinski definition) is 1. The van der Waals surface area contributed by atoms with E-state index < -0.39 is 10.0 Å². The number of aromatic nitrogens is 2. The summed E-state index contributed by atoms with van der Waals surface area (Å²) < 4.78 is 32.2. The van der Waals surface area contributed by atoms with Crippen LogP contribution in [0.25, 0.3) is 11.4 Å². The first-order chi connectivity index (χ1) is 17.3. The van der Waals surface area contributed by atoms with Gasteiger partial charge >= 0.3 is 0 Å². The molecule has 192 valence electrons. The Morgan fingerprint density at radius 3 is 2.47 bits per heavy atom. The van der Waals surface area contributed by atoms with Gasteiger partial charge in [-0.25, -0.2) is 8.42 Å². The van der Waals surface area contributed by atoms with E-state index in [1.54, 1.807) is 12.1 Å². The molecule has 0 radical (unpaired) electrons. The summed E-state index contributed by atoms with van der Waals surface area (Å²) in [4.78, 5) is 19.8. The average molecular weight is 512 g/mol. The number of sulfonamides is 1. The highest BCUT2D eigenvalue weighted by Gasteiger charge is 2.27. The Labute approximate surface area is 212 Å². The molecule has 2 aromatic carbocycles. The lowest BCUT2D eigenvalue weighted by Gasteiger charge is -2.30. The average Bonchev–Trinajstić information content (AvgIpc) is 3.34. The van der Waals surface area contributed by atoms with Crippen LogP contribution in [0.3, 0.4) is 0 Å². The predicted octanol–water partition coefficient (Wildman–Crippen LogP) is 3.93. The minimum Gasteiger partial charge on any atom is -0.338 e. The van der Waals surface area contributed by atoms with Crippen LogP contribution in [0.4, 0.5) is 5.69 Å². The molecule has 36 heavy (non-hydrogen) atoms. The van der Waals surface area contributed by atoms with Gasteiger partial charge in [0.1, 0.15) is 0 Å². The van der Waals surface area contributed by atoms with E-state index in [2.05, 4.69) is 20.4 Å². The maximum Gasteiger partial charge on any atom is 0.243 e. The summed E-state index contributed by atoms with van der Waals surface area (Å²) in [7, 11) is -3.53. The third-order valence-corrected chi connectivity index (χ3v) is 8.54. The molecular formula is C26H33N5O4S. The fourth-order valence-corrected chi connectivity index (χ4v) is 5.87. The standard InChI is InChI=1S/C26H33N5O4S/c1-4-31(5-2)36(33,34)23-14-12-22(13-15-23)27-26(32)21-7-6-16-30(17-21)18-24-28-25(29-35-24)20-10-8-19(3)9-11-20/h8-15,21H,4-7,16-18H2,1-3H3,(H,27,32). The Morgan fingerprint density at radius 1 is 1.11 bits per heavy atom. The molecule has 1 unspecified atom stereocenters. The van der Waals surface area contributed by atoms with Crippen molar-refractivity contribution in [1.29, 1.82) is 0 Å². The number of rotatable bonds is 9. The highest BCUT2D eigenvalue weighted by Crippen LogP contribution is 2.23. The molecule has 3 aromatic rings. The van der Waals surface area contributed by atoms with Gasteiger partial charge in [0.2, 0.25) is 27.6 Å². The Balaban J connectivity index is 1.34. The van der Waals surface area contributed by atoms with Crippen LogP contribution in [-0.2, 0) is 21.4 Å². The second-order valence-electron chi connectivity index (χ2n) is 9.05. The monoisotopic (exact) mass is 511 g/mol. The van der Waals surface area contributed by atoms with Crippen molar-refractivity contribution in [3.8, 4) is 11.4 Å². The Kier molecular flexibility index (Phi) is 8.17. The van der Waals surface area contributed by atoms with E-state index in [0.717, 1.165) is 24.9 Å². The molecular weight excluding hydrogens is 478 g/mol. The molecule has 2 heterocycles. The van der Waals surface area contributed by atoms with Crippen molar-refractivity contribution in [1.82, 2.24) is 19.3 Å². The third kappa shape index (κ3) is 6.00. The van der Waals surface area contributed by atoms with Crippen LogP contribution < -0.4 is 5.32 Å². The van der Waals surface area contributed by atoms with Gasteiger partial charge in [-0.2, -0.15) is 9.29 Å². The quantitative estimate of drug-likeness (QED) is 0.464. The predicted molar refractivity (Wildman–Crippen MR) is 138 cm³/mol. The topological polar surface area (TPSA) is 109 Å². The molecule has 0 spiro atoms. The van der Waals surface area contributed by atoms with Gasteiger partial charge in [-0.1, -0.05) is 48.8 Å². The van der Waals surface area contributed by atoms with Gasteiger partial charge in [0.05, 0.1) is 17.4 Å². The fourth-order valence-electron chi connectivity index (χ4n) is 4.41. The van der Waals surface area contributed by atoms with E-state index in [-0.39, 0.29) is 16.7 Å². The number of carbonyl (C=O) groups is 1. The number of aryl methyl sites for hydroxylation is 1. The number of benzene rings is 2. The lowest BCUT2D eigenvalue weighted by molar-refractivity contribution is -0.121. The number of carbonyl (C=O) groups excluding carboxylic acids is 1. The van der Waals surface area contributed by atoms with Gasteiger partial charge in [-0.05, 0) is 50.6 Å². The van der Waals surface area contributed by atoms with Crippen molar-refractivity contribution in [3.05, 3.63) is 60.0 Å². The van der Waals surface area contributed by atoms with Crippen molar-refractivity contribution >= 4 is 21.6 Å². The van der Waals surface area contributed by atoms with Crippen LogP contribution in [0.1, 0.15) is 38.1 Å². The number of nitrogens with zero attached hydrogens (tertiary/aromatic N) is 4. The SMILES string of the molecule is CCN(CC)S(=O)(=O)c1ccc(NC(=O)C2CCCN(Cc3nc(-c4ccc(C)cc4)no3)C2)cc1. The number of likely N-dealkylation sites (tertiary alicyclic amines) is 1. The summed E-state index contributed by atoms with van der Waals surface area (Å²) >= 11 is 0. The van der Waals surface area contributed by atoms with Crippen molar-refractivity contribution in [2.24, 2.45) is 5.92 Å². The van der Waals surface area contributed by atoms with Gasteiger partial charge < -0.3 is 9.84 Å². The van der Waals surface area contributed by atoms with Gasteiger partial charge in [-0.15, -0.1) is 0 Å². The van der Waals surface area contributed by atoms with Crippen molar-refractivity contribution < 1.29 is 17.7 Å². The molecule has 10 heteroatoms. The molecule has 0 saturated carbocycles. The zero-order valence-corrected chi connectivity index (χ0v) is 21.8. The third-order valence-electron chi connectivity index (χ3n) is 6.48. The molecule has 0 aliphatic carbocycles. The molecule has 1 fully saturated rings. The number of amides is 1. The minimum absolute atomic E-state index is 0.0788. The molecule has 1 aromatic heterocycles. The first-order valence-electron chi connectivity index (χ1n) is 12.3. The maximum atomic E-state index is 12.9. The number of anilines is 1. The Bertz CT molecular complexity index is 1270. The van der Waals surface area contributed by atoms with E-state index in [4.69, 9.17) is 4.52 Å². The molecule has 1 amide bonds. The summed E-state index contributed by atoms with van der Waals surface area (Å²) in [6, 6.07) is 14.3. The van der Waals surface area contributed by atoms with Crippen molar-refractivity contribution in [3.63, 3.8) is 0 Å². The number of nitrogens with one attached hydrogen (secondary N) is 1. The molecule has 1 aliphatic heterocycles. The zero-order valence-electron chi connectivity index (χ0n) is 21.0. The van der Waals surface area contributed by atoms with Gasteiger partial charge in [-0.3, -0.25) is 9.69 Å². The molecule has 0 bridgehead atoms. The molecule has 9 nitrogen and oxygen atoms in total. The zero-order chi connectivity index (χ0) is 25.7. The summed E-state index contributed by atoms with van der Waals surface area (Å²) in [5.41, 5.74) is 2.65. The van der Waals surface area contributed by atoms with Gasteiger partial charge in [0.25, 0.3) is 0 Å². The summed E-state index contributed by atoms with van der Waals surface area (Å²) in [5, 5.41) is 7.04. The van der Waals surface area contributed by atoms with Gasteiger partial charge in [0, 0.05) is 30.9 Å². The summed E-state index contributed by atoms with van der Waals surface area (Å²) in [5.74, 6) is 0.821. The van der Waals surface area contributed by atoms with Crippen molar-refractivity contribution in [2.75, 3.05) is 31.5 Å². The molecule has 1 N–H and O–H groups in total. The lowest BCUT2D eigenvalue weighted by atomic mass is 9.97. The Morgan fingerprint density at radius 2 is 1.81 bits per heavy atom. The molecule has 1 saturated heterocycles. The minimum atomic E-state index is -3.53. The lowest BCUT2D eigenvalue weighted by Crippen LogP contribution is -2.40. The second-order valence-corrected chi connectivity index (χ2v) is 11.0. The number of hydrogen-bond acceptors (Lipinski definition) is 7. The van der Waals surface area contributed by atoms with Crippen LogP contribution in [-0.4, -0.2) is 59.8 Å². The van der Waals surface area contributed by atoms with Crippen LogP contribution >= 0.6 is 0 Å². The highest BCUT2D eigenvalue weighted by atomic mass is 32.2. The molecule has 4 rings (SSSR count). The van der Waals surface area contributed by atoms with E-state index in [0.29, 0.717) is 43.6 Å². The largest absolute Gasteiger partial charge is 0.338 e. The molecule has 1 atom stereocenters. The Hall–Kier alpha value is -3.08. The van der Waals surface area contributed by atoms with Crippen LogP contribution in [0.2, 0.25) is 0 Å². The highest BCUT2D eigenvalue weighted by molar-refractivity contribution is 7.89. The molecule has 1 aliphatic rings. The normalized spacial score (nSPS) is 16.8. The first kappa shape index (κ1) is 26.0. The van der Waals surface area contributed by atoms with E-state index >= 15 is 0 Å². The van der Waals surface area contributed by atoms with Crippen molar-refractivity contribution in [2.45, 2.75) is 45.1 Å². The van der Waals surface area contributed by atoms with Gasteiger partial charge in [0.15, 0.2) is 0 Å². The van der Waals surface area contributed by atoms with Crippen LogP contribution in [0, 0.1) is 12.8 Å². The summed E-state index contributed by atoms with van der Waals surface area (Å²) in [6.45, 7) is 8.39.